The largest absolute Gasteiger partial charge is 0.391 e. The average Bonchev–Trinajstić information content (AvgIpc) is 2.51. The van der Waals surface area contributed by atoms with Crippen molar-refractivity contribution in [2.75, 3.05) is 13.1 Å². The Morgan fingerprint density at radius 3 is 3.00 bits per heavy atom. The first-order valence-electron chi connectivity index (χ1n) is 4.31. The Labute approximate surface area is 77.7 Å². The maximum absolute atomic E-state index is 11.5. The molecule has 72 valence electrons. The number of terminal acetylenes is 1. The van der Waals surface area contributed by atoms with Gasteiger partial charge in [-0.3, -0.25) is 4.79 Å². The normalized spacial score (nSPS) is 24.1. The predicted octanol–water partition coefficient (Wildman–Crippen LogP) is -1.07. The first kappa shape index (κ1) is 10.0. The van der Waals surface area contributed by atoms with Gasteiger partial charge in [-0.05, 0) is 6.42 Å². The van der Waals surface area contributed by atoms with E-state index in [4.69, 9.17) is 12.2 Å². The monoisotopic (exact) mass is 182 g/mol. The summed E-state index contributed by atoms with van der Waals surface area (Å²) in [5.41, 5.74) is 5.54. The quantitative estimate of drug-likeness (QED) is 0.534. The lowest BCUT2D eigenvalue weighted by Gasteiger charge is -2.18. The van der Waals surface area contributed by atoms with Gasteiger partial charge < -0.3 is 15.7 Å². The van der Waals surface area contributed by atoms with Gasteiger partial charge in [0.25, 0.3) is 0 Å². The van der Waals surface area contributed by atoms with Crippen LogP contribution in [0.1, 0.15) is 12.8 Å². The molecule has 0 aromatic rings. The zero-order valence-electron chi connectivity index (χ0n) is 7.44. The Balaban J connectivity index is 2.44. The van der Waals surface area contributed by atoms with E-state index in [1.165, 1.54) is 0 Å². The molecular weight excluding hydrogens is 168 g/mol. The highest BCUT2D eigenvalue weighted by atomic mass is 16.3. The van der Waals surface area contributed by atoms with Gasteiger partial charge in [0.2, 0.25) is 5.91 Å². The van der Waals surface area contributed by atoms with Crippen LogP contribution in [0.25, 0.3) is 0 Å². The third-order valence-electron chi connectivity index (χ3n) is 2.13. The number of carbonyl (C=O) groups excluding carboxylic acids is 1. The summed E-state index contributed by atoms with van der Waals surface area (Å²) >= 11 is 0. The Bertz CT molecular complexity index is 234. The Morgan fingerprint density at radius 2 is 2.54 bits per heavy atom. The lowest BCUT2D eigenvalue weighted by Crippen LogP contribution is -2.42. The first-order chi connectivity index (χ1) is 6.15. The number of likely N-dealkylation sites (tertiary alicyclic amines) is 1. The second-order valence-electron chi connectivity index (χ2n) is 3.24. The van der Waals surface area contributed by atoms with E-state index in [0.29, 0.717) is 19.5 Å². The molecule has 1 saturated heterocycles. The lowest BCUT2D eigenvalue weighted by atomic mass is 10.2. The fraction of sp³-hybridized carbons (Fsp3) is 0.667. The molecule has 1 heterocycles. The molecule has 13 heavy (non-hydrogen) atoms. The molecule has 3 N–H and O–H groups in total. The van der Waals surface area contributed by atoms with Crippen LogP contribution in [0.4, 0.5) is 0 Å². The van der Waals surface area contributed by atoms with Gasteiger partial charge in [0.1, 0.15) is 0 Å². The van der Waals surface area contributed by atoms with E-state index in [9.17, 15) is 9.90 Å². The molecule has 1 aliphatic rings. The maximum Gasteiger partial charge on any atom is 0.240 e. The third kappa shape index (κ3) is 2.44. The molecule has 0 bridgehead atoms. The van der Waals surface area contributed by atoms with E-state index in [0.717, 1.165) is 0 Å². The summed E-state index contributed by atoms with van der Waals surface area (Å²) < 4.78 is 0. The number of β-amino-alcohol motifs (C(OH)–C–C–N with tert-alkyl or cyclic N) is 1. The zero-order chi connectivity index (χ0) is 9.84. The molecule has 0 aliphatic carbocycles. The van der Waals surface area contributed by atoms with Gasteiger partial charge in [0.15, 0.2) is 0 Å². The molecular formula is C9H14N2O2. The van der Waals surface area contributed by atoms with Crippen molar-refractivity contribution in [3.05, 3.63) is 0 Å². The van der Waals surface area contributed by atoms with Crippen LogP contribution < -0.4 is 5.73 Å². The van der Waals surface area contributed by atoms with Crippen molar-refractivity contribution < 1.29 is 9.90 Å². The molecule has 4 nitrogen and oxygen atoms in total. The van der Waals surface area contributed by atoms with Crippen molar-refractivity contribution >= 4 is 5.91 Å². The summed E-state index contributed by atoms with van der Waals surface area (Å²) in [6, 6.07) is -0.615. The van der Waals surface area contributed by atoms with Crippen LogP contribution in [0.3, 0.4) is 0 Å². The van der Waals surface area contributed by atoms with Gasteiger partial charge in [-0.15, -0.1) is 12.3 Å². The van der Waals surface area contributed by atoms with Crippen LogP contribution in [0.5, 0.6) is 0 Å². The van der Waals surface area contributed by atoms with E-state index in [2.05, 4.69) is 5.92 Å². The van der Waals surface area contributed by atoms with Crippen molar-refractivity contribution in [3.8, 4) is 12.3 Å². The minimum Gasteiger partial charge on any atom is -0.391 e. The molecule has 0 aromatic heterocycles. The summed E-state index contributed by atoms with van der Waals surface area (Å²) in [5, 5.41) is 9.19. The van der Waals surface area contributed by atoms with Crippen LogP contribution in [0.15, 0.2) is 0 Å². The smallest absolute Gasteiger partial charge is 0.240 e. The molecule has 0 spiro atoms. The van der Waals surface area contributed by atoms with Crippen molar-refractivity contribution in [1.82, 2.24) is 4.90 Å². The topological polar surface area (TPSA) is 66.6 Å². The van der Waals surface area contributed by atoms with E-state index in [1.807, 2.05) is 0 Å². The third-order valence-corrected chi connectivity index (χ3v) is 2.13. The van der Waals surface area contributed by atoms with Crippen molar-refractivity contribution in [2.24, 2.45) is 5.73 Å². The number of amides is 1. The molecule has 2 atom stereocenters. The summed E-state index contributed by atoms with van der Waals surface area (Å²) in [7, 11) is 0. The van der Waals surface area contributed by atoms with Gasteiger partial charge in [-0.2, -0.15) is 0 Å². The van der Waals surface area contributed by atoms with E-state index in [-0.39, 0.29) is 12.3 Å². The Hall–Kier alpha value is -1.05. The van der Waals surface area contributed by atoms with E-state index in [1.54, 1.807) is 4.90 Å². The molecule has 1 aliphatic heterocycles. The van der Waals surface area contributed by atoms with Gasteiger partial charge in [-0.25, -0.2) is 0 Å². The lowest BCUT2D eigenvalue weighted by molar-refractivity contribution is -0.131. The van der Waals surface area contributed by atoms with Gasteiger partial charge in [0.05, 0.1) is 12.1 Å². The first-order valence-corrected chi connectivity index (χ1v) is 4.31. The second kappa shape index (κ2) is 4.26. The number of aliphatic hydroxyl groups is 1. The number of nitrogens with zero attached hydrogens (tertiary/aromatic N) is 1. The number of carbonyl (C=O) groups is 1. The SMILES string of the molecule is C#CCC(N)C(=O)N1CC[C@H](O)C1. The Morgan fingerprint density at radius 1 is 1.85 bits per heavy atom. The molecule has 1 amide bonds. The van der Waals surface area contributed by atoms with E-state index >= 15 is 0 Å². The number of hydrogen-bond donors (Lipinski definition) is 2. The zero-order valence-corrected chi connectivity index (χ0v) is 7.44. The summed E-state index contributed by atoms with van der Waals surface area (Å²) in [5.74, 6) is 2.19. The average molecular weight is 182 g/mol. The number of aliphatic hydroxyl groups excluding tert-OH is 1. The second-order valence-corrected chi connectivity index (χ2v) is 3.24. The van der Waals surface area contributed by atoms with Crippen LogP contribution in [0, 0.1) is 12.3 Å². The minimum absolute atomic E-state index is 0.158. The molecule has 0 aromatic carbocycles. The van der Waals surface area contributed by atoms with Crippen LogP contribution in [-0.4, -0.2) is 41.1 Å². The molecule has 1 fully saturated rings. The van der Waals surface area contributed by atoms with Crippen LogP contribution in [0.2, 0.25) is 0 Å². The highest BCUT2D eigenvalue weighted by Gasteiger charge is 2.27. The summed E-state index contributed by atoms with van der Waals surface area (Å²) in [4.78, 5) is 13.0. The number of nitrogens with two attached hydrogens (primary N) is 1. The maximum atomic E-state index is 11.5. The summed E-state index contributed by atoms with van der Waals surface area (Å²) in [6.45, 7) is 0.968. The number of rotatable bonds is 2. The predicted molar refractivity (Wildman–Crippen MR) is 48.6 cm³/mol. The van der Waals surface area contributed by atoms with Gasteiger partial charge >= 0.3 is 0 Å². The van der Waals surface area contributed by atoms with Crippen molar-refractivity contribution in [2.45, 2.75) is 25.0 Å². The van der Waals surface area contributed by atoms with Crippen molar-refractivity contribution in [3.63, 3.8) is 0 Å². The molecule has 0 saturated carbocycles. The fourth-order valence-electron chi connectivity index (χ4n) is 1.39. The molecule has 4 heteroatoms. The minimum atomic E-state index is -0.615. The molecule has 1 unspecified atom stereocenters. The van der Waals surface area contributed by atoms with Crippen LogP contribution in [-0.2, 0) is 4.79 Å². The van der Waals surface area contributed by atoms with Crippen LogP contribution >= 0.6 is 0 Å². The number of hydrogen-bond acceptors (Lipinski definition) is 3. The fourth-order valence-corrected chi connectivity index (χ4v) is 1.39. The van der Waals surface area contributed by atoms with Gasteiger partial charge in [-0.1, -0.05) is 0 Å². The highest BCUT2D eigenvalue weighted by Crippen LogP contribution is 2.10. The van der Waals surface area contributed by atoms with Crippen molar-refractivity contribution in [1.29, 1.82) is 0 Å². The van der Waals surface area contributed by atoms with Gasteiger partial charge in [0, 0.05) is 19.5 Å². The van der Waals surface area contributed by atoms with E-state index < -0.39 is 12.1 Å². The molecule has 0 radical (unpaired) electrons. The standard InChI is InChI=1S/C9H14N2O2/c1-2-3-8(10)9(13)11-5-4-7(12)6-11/h1,7-8,12H,3-6,10H2/t7-,8?/m0/s1. The summed E-state index contributed by atoms with van der Waals surface area (Å²) in [6.07, 6.45) is 5.53. The Kier molecular flexibility index (Phi) is 3.29. The highest BCUT2D eigenvalue weighted by molar-refractivity contribution is 5.82. The molecule has 1 rings (SSSR count).